The molecule has 1 aromatic carbocycles. The quantitative estimate of drug-likeness (QED) is 0.624. The van der Waals surface area contributed by atoms with Crippen LogP contribution in [-0.2, 0) is 14.8 Å². The van der Waals surface area contributed by atoms with E-state index >= 15 is 0 Å². The Balaban J connectivity index is 2.31. The molecule has 1 saturated heterocycles. The molecular weight excluding hydrogens is 334 g/mol. The minimum absolute atomic E-state index is 0.119. The second-order valence-electron chi connectivity index (χ2n) is 4.99. The number of hydrogen-bond donors (Lipinski definition) is 2. The smallest absolute Gasteiger partial charge is 0.289 e. The number of carbonyl (C=O) groups is 1. The molecule has 22 heavy (non-hydrogen) atoms. The number of sulfonamides is 1. The molecule has 120 valence electrons. The maximum atomic E-state index is 12.4. The highest BCUT2D eigenvalue weighted by Crippen LogP contribution is 2.30. The molecule has 1 atom stereocenters. The number of piperidine rings is 1. The molecule has 8 nitrogen and oxygen atoms in total. The number of aryl methyl sites for hydroxylation is 1. The van der Waals surface area contributed by atoms with Crippen LogP contribution in [0.5, 0.6) is 0 Å². The third-order valence-corrected chi connectivity index (χ3v) is 5.28. The van der Waals surface area contributed by atoms with Crippen molar-refractivity contribution in [2.75, 3.05) is 6.54 Å². The van der Waals surface area contributed by atoms with Crippen molar-refractivity contribution in [3.8, 4) is 0 Å². The zero-order valence-electron chi connectivity index (χ0n) is 11.6. The standard InChI is InChI=1S/C12H14ClN3O5S/c1-7-4-9(13)10(16(18)19)5-11(7)22(20,21)15-8-2-3-12(17)14-6-8/h4-5,8,15H,2-3,6H2,1H3,(H,14,17)/t8-/m0/s1. The maximum Gasteiger partial charge on any atom is 0.289 e. The van der Waals surface area contributed by atoms with E-state index in [1.807, 2.05) is 0 Å². The summed E-state index contributed by atoms with van der Waals surface area (Å²) in [5, 5.41) is 13.3. The van der Waals surface area contributed by atoms with E-state index in [0.717, 1.165) is 6.07 Å². The van der Waals surface area contributed by atoms with Gasteiger partial charge in [0.2, 0.25) is 15.9 Å². The Morgan fingerprint density at radius 3 is 2.68 bits per heavy atom. The maximum absolute atomic E-state index is 12.4. The van der Waals surface area contributed by atoms with Gasteiger partial charge in [0.05, 0.1) is 9.82 Å². The molecule has 1 aromatic rings. The number of hydrogen-bond acceptors (Lipinski definition) is 5. The lowest BCUT2D eigenvalue weighted by atomic mass is 10.1. The van der Waals surface area contributed by atoms with E-state index in [2.05, 4.69) is 10.0 Å². The fourth-order valence-corrected chi connectivity index (χ4v) is 3.99. The van der Waals surface area contributed by atoms with Gasteiger partial charge in [-0.3, -0.25) is 14.9 Å². The van der Waals surface area contributed by atoms with Crippen LogP contribution in [0.4, 0.5) is 5.69 Å². The number of halogens is 1. The molecule has 10 heteroatoms. The van der Waals surface area contributed by atoms with E-state index < -0.39 is 26.7 Å². The van der Waals surface area contributed by atoms with E-state index in [4.69, 9.17) is 11.6 Å². The summed E-state index contributed by atoms with van der Waals surface area (Å²) in [4.78, 5) is 21.0. The van der Waals surface area contributed by atoms with Crippen LogP contribution in [0, 0.1) is 17.0 Å². The Morgan fingerprint density at radius 1 is 1.45 bits per heavy atom. The van der Waals surface area contributed by atoms with Crippen LogP contribution >= 0.6 is 11.6 Å². The molecule has 2 N–H and O–H groups in total. The summed E-state index contributed by atoms with van der Waals surface area (Å²) in [7, 11) is -3.95. The number of nitro benzene ring substituents is 1. The van der Waals surface area contributed by atoms with E-state index in [-0.39, 0.29) is 28.8 Å². The summed E-state index contributed by atoms with van der Waals surface area (Å²) in [6.07, 6.45) is 0.604. The molecule has 0 aromatic heterocycles. The topological polar surface area (TPSA) is 118 Å². The molecular formula is C12H14ClN3O5S. The molecule has 0 saturated carbocycles. The van der Waals surface area contributed by atoms with E-state index in [1.165, 1.54) is 13.0 Å². The van der Waals surface area contributed by atoms with Crippen LogP contribution in [-0.4, -0.2) is 31.8 Å². The zero-order chi connectivity index (χ0) is 16.5. The van der Waals surface area contributed by atoms with Crippen molar-refractivity contribution < 1.29 is 18.1 Å². The highest BCUT2D eigenvalue weighted by Gasteiger charge is 2.27. The van der Waals surface area contributed by atoms with E-state index in [0.29, 0.717) is 12.0 Å². The summed E-state index contributed by atoms with van der Waals surface area (Å²) in [6, 6.07) is 1.75. The van der Waals surface area contributed by atoms with Gasteiger partial charge in [-0.1, -0.05) is 11.6 Å². The number of amides is 1. The average molecular weight is 348 g/mol. The van der Waals surface area contributed by atoms with E-state index in [9.17, 15) is 23.3 Å². The van der Waals surface area contributed by atoms with Crippen molar-refractivity contribution in [1.29, 1.82) is 0 Å². The lowest BCUT2D eigenvalue weighted by molar-refractivity contribution is -0.384. The van der Waals surface area contributed by atoms with Gasteiger partial charge in [-0.2, -0.15) is 0 Å². The molecule has 1 fully saturated rings. The van der Waals surface area contributed by atoms with Crippen molar-refractivity contribution in [3.05, 3.63) is 32.8 Å². The lowest BCUT2D eigenvalue weighted by Gasteiger charge is -2.23. The normalized spacial score (nSPS) is 18.8. The summed E-state index contributed by atoms with van der Waals surface area (Å²) in [5.41, 5.74) is -0.160. The molecule has 1 amide bonds. The number of nitrogens with one attached hydrogen (secondary N) is 2. The largest absolute Gasteiger partial charge is 0.355 e. The number of nitrogens with zero attached hydrogens (tertiary/aromatic N) is 1. The van der Waals surface area contributed by atoms with Crippen LogP contribution in [0.2, 0.25) is 5.02 Å². The first-order valence-corrected chi connectivity index (χ1v) is 8.30. The first kappa shape index (κ1) is 16.7. The number of carbonyl (C=O) groups excluding carboxylic acids is 1. The lowest BCUT2D eigenvalue weighted by Crippen LogP contribution is -2.47. The van der Waals surface area contributed by atoms with Gasteiger partial charge in [0, 0.05) is 25.1 Å². The third kappa shape index (κ3) is 3.54. The molecule has 0 unspecified atom stereocenters. The minimum Gasteiger partial charge on any atom is -0.355 e. The Kier molecular flexibility index (Phi) is 4.69. The number of benzene rings is 1. The van der Waals surface area contributed by atoms with Crippen molar-refractivity contribution >= 4 is 33.2 Å². The van der Waals surface area contributed by atoms with Crippen LogP contribution in [0.1, 0.15) is 18.4 Å². The predicted molar refractivity (Wildman–Crippen MR) is 79.2 cm³/mol. The second kappa shape index (κ2) is 6.19. The van der Waals surface area contributed by atoms with Gasteiger partial charge in [-0.25, -0.2) is 13.1 Å². The molecule has 0 radical (unpaired) electrons. The zero-order valence-corrected chi connectivity index (χ0v) is 13.2. The molecule has 2 rings (SSSR count). The molecule has 1 heterocycles. The Hall–Kier alpha value is -1.71. The van der Waals surface area contributed by atoms with Crippen molar-refractivity contribution in [3.63, 3.8) is 0 Å². The van der Waals surface area contributed by atoms with E-state index in [1.54, 1.807) is 0 Å². The molecule has 1 aliphatic heterocycles. The summed E-state index contributed by atoms with van der Waals surface area (Å²) in [5.74, 6) is -0.131. The molecule has 0 spiro atoms. The summed E-state index contributed by atoms with van der Waals surface area (Å²) < 4.78 is 27.2. The number of nitro groups is 1. The number of rotatable bonds is 4. The SMILES string of the molecule is Cc1cc(Cl)c([N+](=O)[O-])cc1S(=O)(=O)N[C@H]1CCC(=O)NC1. The Morgan fingerprint density at radius 2 is 2.14 bits per heavy atom. The van der Waals surface area contributed by atoms with Gasteiger partial charge in [-0.15, -0.1) is 0 Å². The fourth-order valence-electron chi connectivity index (χ4n) is 2.19. The molecule has 0 bridgehead atoms. The molecule has 0 aliphatic carbocycles. The van der Waals surface area contributed by atoms with Gasteiger partial charge in [0.1, 0.15) is 5.02 Å². The van der Waals surface area contributed by atoms with Crippen molar-refractivity contribution in [2.45, 2.75) is 30.7 Å². The first-order valence-electron chi connectivity index (χ1n) is 6.44. The summed E-state index contributed by atoms with van der Waals surface area (Å²) >= 11 is 5.75. The van der Waals surface area contributed by atoms with Gasteiger partial charge in [0.15, 0.2) is 0 Å². The van der Waals surface area contributed by atoms with Crippen LogP contribution in [0.25, 0.3) is 0 Å². The Labute approximate surface area is 132 Å². The minimum atomic E-state index is -3.95. The van der Waals surface area contributed by atoms with Crippen molar-refractivity contribution in [2.24, 2.45) is 0 Å². The highest BCUT2D eigenvalue weighted by molar-refractivity contribution is 7.89. The highest BCUT2D eigenvalue weighted by atomic mass is 35.5. The van der Waals surface area contributed by atoms with Gasteiger partial charge < -0.3 is 5.32 Å². The monoisotopic (exact) mass is 347 g/mol. The molecule has 1 aliphatic rings. The predicted octanol–water partition coefficient (Wildman–Crippen LogP) is 1.11. The van der Waals surface area contributed by atoms with Crippen molar-refractivity contribution in [1.82, 2.24) is 10.0 Å². The van der Waals surface area contributed by atoms with Crippen LogP contribution < -0.4 is 10.0 Å². The van der Waals surface area contributed by atoms with Gasteiger partial charge in [0.25, 0.3) is 5.69 Å². The van der Waals surface area contributed by atoms with Gasteiger partial charge >= 0.3 is 0 Å². The Bertz CT molecular complexity index is 725. The average Bonchev–Trinajstić information content (AvgIpc) is 2.40. The van der Waals surface area contributed by atoms with Crippen LogP contribution in [0.15, 0.2) is 17.0 Å². The van der Waals surface area contributed by atoms with Gasteiger partial charge in [-0.05, 0) is 25.0 Å². The third-order valence-electron chi connectivity index (χ3n) is 3.32. The summed E-state index contributed by atoms with van der Waals surface area (Å²) in [6.45, 7) is 1.69. The van der Waals surface area contributed by atoms with Crippen LogP contribution in [0.3, 0.4) is 0 Å². The fraction of sp³-hybridized carbons (Fsp3) is 0.417. The first-order chi connectivity index (χ1) is 10.2. The second-order valence-corrected chi connectivity index (χ2v) is 7.08.